The van der Waals surface area contributed by atoms with E-state index in [1.807, 2.05) is 24.3 Å². The van der Waals surface area contributed by atoms with Crippen molar-refractivity contribution in [3.63, 3.8) is 0 Å². The Morgan fingerprint density at radius 2 is 1.32 bits per heavy atom. The Morgan fingerprint density at radius 3 is 1.84 bits per heavy atom. The largest absolute Gasteiger partial charge is 0.469 e. The molecule has 0 radical (unpaired) electrons. The minimum Gasteiger partial charge on any atom is -0.469 e. The number of carbonyl (C=O) groups is 2. The molecular formula is C34H42O4. The first kappa shape index (κ1) is 26.7. The number of hydrogen-bond acceptors (Lipinski definition) is 4. The third-order valence-corrected chi connectivity index (χ3v) is 9.02. The molecule has 3 aromatic carbocycles. The average molecular weight is 515 g/mol. The van der Waals surface area contributed by atoms with Crippen LogP contribution in [0.3, 0.4) is 0 Å². The van der Waals surface area contributed by atoms with Crippen LogP contribution in [0.2, 0.25) is 0 Å². The van der Waals surface area contributed by atoms with Gasteiger partial charge in [-0.1, -0.05) is 120 Å². The molecule has 6 rings (SSSR count). The van der Waals surface area contributed by atoms with Crippen molar-refractivity contribution in [1.82, 2.24) is 0 Å². The Kier molecular flexibility index (Phi) is 8.35. The van der Waals surface area contributed by atoms with Crippen molar-refractivity contribution in [3.8, 4) is 0 Å². The van der Waals surface area contributed by atoms with Crippen LogP contribution in [0, 0.1) is 5.92 Å². The topological polar surface area (TPSA) is 52.6 Å². The summed E-state index contributed by atoms with van der Waals surface area (Å²) in [6, 6.07) is 16.5. The number of esters is 2. The van der Waals surface area contributed by atoms with E-state index >= 15 is 0 Å². The number of cyclic esters (lactones) is 1. The fourth-order valence-corrected chi connectivity index (χ4v) is 7.17. The van der Waals surface area contributed by atoms with Gasteiger partial charge in [0.2, 0.25) is 0 Å². The zero-order valence-corrected chi connectivity index (χ0v) is 23.1. The lowest BCUT2D eigenvalue weighted by Crippen LogP contribution is -2.48. The molecule has 0 aromatic heterocycles. The molecule has 1 fully saturated rings. The van der Waals surface area contributed by atoms with Gasteiger partial charge in [-0.2, -0.15) is 0 Å². The average Bonchev–Trinajstić information content (AvgIpc) is 3.21. The number of benzene rings is 3. The van der Waals surface area contributed by atoms with E-state index in [4.69, 9.17) is 9.47 Å². The van der Waals surface area contributed by atoms with E-state index in [0.717, 1.165) is 45.5 Å². The Labute approximate surface area is 227 Å². The van der Waals surface area contributed by atoms with Crippen molar-refractivity contribution in [2.24, 2.45) is 5.92 Å². The SMILES string of the molecule is CCCCCCCCCCCCC[C@H]1OC(=O)[C@]2(Cc3c4ccccc4c2c2ccccc32)[C@@H]1C(=O)OC. The first-order valence-electron chi connectivity index (χ1n) is 14.8. The lowest BCUT2D eigenvalue weighted by atomic mass is 9.59. The molecule has 1 heterocycles. The number of ether oxygens (including phenoxy) is 2. The van der Waals surface area contributed by atoms with Crippen LogP contribution in [0.15, 0.2) is 48.5 Å². The van der Waals surface area contributed by atoms with Crippen LogP contribution >= 0.6 is 0 Å². The van der Waals surface area contributed by atoms with Crippen molar-refractivity contribution < 1.29 is 19.1 Å². The Balaban J connectivity index is 1.31. The molecule has 4 heteroatoms. The van der Waals surface area contributed by atoms with Gasteiger partial charge in [-0.15, -0.1) is 0 Å². The molecule has 3 aliphatic rings. The molecule has 1 aliphatic heterocycles. The number of methoxy groups -OCH3 is 1. The first-order chi connectivity index (χ1) is 18.6. The van der Waals surface area contributed by atoms with Crippen LogP contribution in [0.1, 0.15) is 95.1 Å². The minimum atomic E-state index is -1.02. The van der Waals surface area contributed by atoms with Crippen molar-refractivity contribution in [2.45, 2.75) is 102 Å². The zero-order chi connectivity index (χ0) is 26.5. The van der Waals surface area contributed by atoms with Crippen LogP contribution in [-0.4, -0.2) is 25.2 Å². The lowest BCUT2D eigenvalue weighted by molar-refractivity contribution is -0.149. The van der Waals surface area contributed by atoms with E-state index < -0.39 is 17.4 Å². The second-order valence-electron chi connectivity index (χ2n) is 11.4. The maximum Gasteiger partial charge on any atom is 0.318 e. The summed E-state index contributed by atoms with van der Waals surface area (Å²) in [6.07, 6.45) is 14.6. The Morgan fingerprint density at radius 1 is 0.816 bits per heavy atom. The summed E-state index contributed by atoms with van der Waals surface area (Å²) in [5.74, 6) is -1.23. The molecule has 38 heavy (non-hydrogen) atoms. The summed E-state index contributed by atoms with van der Waals surface area (Å²) in [5.41, 5.74) is 1.06. The molecule has 2 bridgehead atoms. The van der Waals surface area contributed by atoms with Gasteiger partial charge in [-0.25, -0.2) is 0 Å². The molecule has 2 aliphatic carbocycles. The zero-order valence-electron chi connectivity index (χ0n) is 23.1. The molecule has 0 saturated carbocycles. The van der Waals surface area contributed by atoms with Gasteiger partial charge < -0.3 is 9.47 Å². The van der Waals surface area contributed by atoms with Crippen LogP contribution in [0.4, 0.5) is 0 Å². The summed E-state index contributed by atoms with van der Waals surface area (Å²) in [7, 11) is 1.43. The molecule has 0 amide bonds. The first-order valence-corrected chi connectivity index (χ1v) is 14.8. The molecule has 1 spiro atoms. The Hall–Kier alpha value is -2.88. The van der Waals surface area contributed by atoms with Gasteiger partial charge in [-0.3, -0.25) is 9.59 Å². The fourth-order valence-electron chi connectivity index (χ4n) is 7.17. The molecule has 4 nitrogen and oxygen atoms in total. The lowest BCUT2D eigenvalue weighted by Gasteiger charge is -2.39. The summed E-state index contributed by atoms with van der Waals surface area (Å²) in [5, 5.41) is 4.43. The highest BCUT2D eigenvalue weighted by Crippen LogP contribution is 2.56. The highest BCUT2D eigenvalue weighted by molar-refractivity contribution is 6.14. The molecule has 3 atom stereocenters. The fraction of sp³-hybridized carbons (Fsp3) is 0.529. The third kappa shape index (κ3) is 4.72. The maximum absolute atomic E-state index is 13.8. The van der Waals surface area contributed by atoms with E-state index in [1.54, 1.807) is 0 Å². The van der Waals surface area contributed by atoms with E-state index in [2.05, 4.69) is 31.2 Å². The summed E-state index contributed by atoms with van der Waals surface area (Å²) < 4.78 is 11.4. The van der Waals surface area contributed by atoms with Crippen molar-refractivity contribution >= 4 is 33.5 Å². The Bertz CT molecular complexity index is 1240. The third-order valence-electron chi connectivity index (χ3n) is 9.02. The number of carbonyl (C=O) groups excluding carboxylic acids is 2. The standard InChI is InChI=1S/C34H42O4/c1-3-4-5-6-7-8-9-10-11-12-13-22-29-31(32(35)37-2)34(33(36)38-29)23-28-24-18-14-16-20-26(24)30(34)27-21-17-15-19-25(27)28/h14-21,29,31H,3-13,22-23H2,1-2H3/t29-,31+,34+/m1/s1. The molecule has 0 unspecified atom stereocenters. The van der Waals surface area contributed by atoms with Crippen molar-refractivity contribution in [3.05, 3.63) is 59.7 Å². The molecular weight excluding hydrogens is 472 g/mol. The highest BCUT2D eigenvalue weighted by Gasteiger charge is 2.64. The summed E-state index contributed by atoms with van der Waals surface area (Å²) in [4.78, 5) is 27.2. The van der Waals surface area contributed by atoms with E-state index in [1.165, 1.54) is 64.9 Å². The van der Waals surface area contributed by atoms with Crippen LogP contribution in [0.25, 0.3) is 21.5 Å². The van der Waals surface area contributed by atoms with Gasteiger partial charge in [0.15, 0.2) is 0 Å². The molecule has 3 aromatic rings. The normalized spacial score (nSPS) is 22.0. The second-order valence-corrected chi connectivity index (χ2v) is 11.4. The quantitative estimate of drug-likeness (QED) is 0.131. The predicted octanol–water partition coefficient (Wildman–Crippen LogP) is 8.20. The minimum absolute atomic E-state index is 0.266. The highest BCUT2D eigenvalue weighted by atomic mass is 16.6. The smallest absolute Gasteiger partial charge is 0.318 e. The maximum atomic E-state index is 13.8. The monoisotopic (exact) mass is 514 g/mol. The number of rotatable bonds is 13. The van der Waals surface area contributed by atoms with Gasteiger partial charge in [0.05, 0.1) is 7.11 Å². The van der Waals surface area contributed by atoms with Gasteiger partial charge in [0.25, 0.3) is 0 Å². The van der Waals surface area contributed by atoms with Crippen LogP contribution in [0.5, 0.6) is 0 Å². The van der Waals surface area contributed by atoms with E-state index in [9.17, 15) is 9.59 Å². The second kappa shape index (κ2) is 11.9. The molecule has 202 valence electrons. The van der Waals surface area contributed by atoms with Crippen molar-refractivity contribution in [1.29, 1.82) is 0 Å². The van der Waals surface area contributed by atoms with Crippen LogP contribution < -0.4 is 0 Å². The number of hydrogen-bond donors (Lipinski definition) is 0. The van der Waals surface area contributed by atoms with E-state index in [0.29, 0.717) is 12.8 Å². The summed E-state index contributed by atoms with van der Waals surface area (Å²) >= 11 is 0. The molecule has 0 N–H and O–H groups in total. The van der Waals surface area contributed by atoms with Crippen LogP contribution in [-0.2, 0) is 30.9 Å². The van der Waals surface area contributed by atoms with Gasteiger partial charge in [0.1, 0.15) is 17.4 Å². The predicted molar refractivity (Wildman–Crippen MR) is 153 cm³/mol. The van der Waals surface area contributed by atoms with Gasteiger partial charge in [-0.05, 0) is 51.9 Å². The summed E-state index contributed by atoms with van der Waals surface area (Å²) in [6.45, 7) is 2.26. The molecule has 1 saturated heterocycles. The van der Waals surface area contributed by atoms with E-state index in [-0.39, 0.29) is 11.9 Å². The van der Waals surface area contributed by atoms with Gasteiger partial charge in [0, 0.05) is 0 Å². The van der Waals surface area contributed by atoms with Crippen molar-refractivity contribution in [2.75, 3.05) is 7.11 Å². The number of unbranched alkanes of at least 4 members (excludes halogenated alkanes) is 10. The van der Waals surface area contributed by atoms with Gasteiger partial charge >= 0.3 is 11.9 Å².